The van der Waals surface area contributed by atoms with E-state index in [1.165, 1.54) is 0 Å². The fraction of sp³-hybridized carbons (Fsp3) is 0.571. The zero-order valence-corrected chi connectivity index (χ0v) is 7.79. The SMILES string of the molecule is CNC(C)C(=O)Nc1nnc(C)o1. The van der Waals surface area contributed by atoms with Crippen LogP contribution in [0.5, 0.6) is 0 Å². The minimum absolute atomic E-state index is 0.129. The molecule has 13 heavy (non-hydrogen) atoms. The quantitative estimate of drug-likeness (QED) is 0.687. The first-order chi connectivity index (χ1) is 6.13. The second-order valence-corrected chi connectivity index (χ2v) is 2.63. The Morgan fingerprint density at radius 3 is 2.69 bits per heavy atom. The molecule has 1 atom stereocenters. The summed E-state index contributed by atoms with van der Waals surface area (Å²) >= 11 is 0. The summed E-state index contributed by atoms with van der Waals surface area (Å²) < 4.78 is 4.97. The number of nitrogens with one attached hydrogen (secondary N) is 2. The average molecular weight is 184 g/mol. The van der Waals surface area contributed by atoms with Gasteiger partial charge in [0.1, 0.15) is 0 Å². The van der Waals surface area contributed by atoms with E-state index in [4.69, 9.17) is 4.42 Å². The van der Waals surface area contributed by atoms with Crippen molar-refractivity contribution in [1.29, 1.82) is 0 Å². The Balaban J connectivity index is 2.54. The number of carbonyl (C=O) groups is 1. The predicted octanol–water partition coefficient (Wildman–Crippen LogP) is -0.0756. The van der Waals surface area contributed by atoms with Crippen LogP contribution in [0, 0.1) is 6.92 Å². The molecule has 0 aliphatic rings. The van der Waals surface area contributed by atoms with Gasteiger partial charge in [-0.25, -0.2) is 0 Å². The summed E-state index contributed by atoms with van der Waals surface area (Å²) in [5.41, 5.74) is 0. The third-order valence-electron chi connectivity index (χ3n) is 1.58. The number of rotatable bonds is 3. The Kier molecular flexibility index (Phi) is 2.97. The molecule has 1 unspecified atom stereocenters. The maximum atomic E-state index is 11.3. The number of likely N-dealkylation sites (N-methyl/N-ethyl adjacent to an activating group) is 1. The van der Waals surface area contributed by atoms with Gasteiger partial charge in [-0.15, -0.1) is 5.10 Å². The van der Waals surface area contributed by atoms with Gasteiger partial charge in [-0.05, 0) is 14.0 Å². The van der Waals surface area contributed by atoms with Gasteiger partial charge < -0.3 is 9.73 Å². The van der Waals surface area contributed by atoms with E-state index in [1.807, 2.05) is 0 Å². The second kappa shape index (κ2) is 3.99. The zero-order chi connectivity index (χ0) is 9.84. The lowest BCUT2D eigenvalue weighted by molar-refractivity contribution is -0.117. The Labute approximate surface area is 75.7 Å². The lowest BCUT2D eigenvalue weighted by Gasteiger charge is -2.07. The van der Waals surface area contributed by atoms with Gasteiger partial charge >= 0.3 is 6.01 Å². The van der Waals surface area contributed by atoms with E-state index >= 15 is 0 Å². The van der Waals surface area contributed by atoms with Crippen molar-refractivity contribution in [3.05, 3.63) is 5.89 Å². The molecular weight excluding hydrogens is 172 g/mol. The van der Waals surface area contributed by atoms with Crippen molar-refractivity contribution in [2.75, 3.05) is 12.4 Å². The van der Waals surface area contributed by atoms with Gasteiger partial charge in [-0.1, -0.05) is 5.10 Å². The van der Waals surface area contributed by atoms with Gasteiger partial charge in [0.05, 0.1) is 6.04 Å². The molecule has 0 radical (unpaired) electrons. The van der Waals surface area contributed by atoms with E-state index in [2.05, 4.69) is 20.8 Å². The maximum Gasteiger partial charge on any atom is 0.322 e. The monoisotopic (exact) mass is 184 g/mol. The van der Waals surface area contributed by atoms with Crippen molar-refractivity contribution in [2.45, 2.75) is 19.9 Å². The molecule has 1 rings (SSSR count). The van der Waals surface area contributed by atoms with Crippen LogP contribution in [0.3, 0.4) is 0 Å². The molecule has 1 amide bonds. The number of carbonyl (C=O) groups excluding carboxylic acids is 1. The highest BCUT2D eigenvalue weighted by atomic mass is 16.4. The fourth-order valence-electron chi connectivity index (χ4n) is 0.692. The first kappa shape index (κ1) is 9.66. The lowest BCUT2D eigenvalue weighted by Crippen LogP contribution is -2.35. The van der Waals surface area contributed by atoms with E-state index in [0.29, 0.717) is 5.89 Å². The molecule has 0 spiro atoms. The van der Waals surface area contributed by atoms with E-state index in [1.54, 1.807) is 20.9 Å². The Hall–Kier alpha value is -1.43. The van der Waals surface area contributed by atoms with Crippen LogP contribution in [0.2, 0.25) is 0 Å². The van der Waals surface area contributed by atoms with E-state index in [0.717, 1.165) is 0 Å². The molecule has 0 aliphatic carbocycles. The highest BCUT2D eigenvalue weighted by Crippen LogP contribution is 2.03. The van der Waals surface area contributed by atoms with Crippen LogP contribution in [0.1, 0.15) is 12.8 Å². The number of amides is 1. The topological polar surface area (TPSA) is 80.0 Å². The minimum atomic E-state index is -0.285. The number of aryl methyl sites for hydroxylation is 1. The molecule has 0 saturated carbocycles. The number of anilines is 1. The molecule has 0 aromatic carbocycles. The molecule has 1 heterocycles. The summed E-state index contributed by atoms with van der Waals surface area (Å²) in [6, 6.07) is -0.156. The molecule has 72 valence electrons. The van der Waals surface area contributed by atoms with Gasteiger partial charge in [0.15, 0.2) is 0 Å². The van der Waals surface area contributed by atoms with Crippen molar-refractivity contribution >= 4 is 11.9 Å². The van der Waals surface area contributed by atoms with Crippen LogP contribution in [0.25, 0.3) is 0 Å². The predicted molar refractivity (Wildman–Crippen MR) is 46.2 cm³/mol. The van der Waals surface area contributed by atoms with Crippen molar-refractivity contribution < 1.29 is 9.21 Å². The molecule has 0 fully saturated rings. The number of hydrogen-bond donors (Lipinski definition) is 2. The maximum absolute atomic E-state index is 11.3. The lowest BCUT2D eigenvalue weighted by atomic mass is 10.3. The van der Waals surface area contributed by atoms with Crippen molar-refractivity contribution in [2.24, 2.45) is 0 Å². The Bertz CT molecular complexity index is 296. The number of aromatic nitrogens is 2. The number of hydrogen-bond acceptors (Lipinski definition) is 5. The largest absolute Gasteiger partial charge is 0.408 e. The second-order valence-electron chi connectivity index (χ2n) is 2.63. The fourth-order valence-corrected chi connectivity index (χ4v) is 0.692. The summed E-state index contributed by atoms with van der Waals surface area (Å²) in [6.07, 6.45) is 0. The van der Waals surface area contributed by atoms with Crippen LogP contribution in [-0.2, 0) is 4.79 Å². The summed E-state index contributed by atoms with van der Waals surface area (Å²) in [4.78, 5) is 11.3. The summed E-state index contributed by atoms with van der Waals surface area (Å²) in [5.74, 6) is 0.221. The van der Waals surface area contributed by atoms with Crippen LogP contribution >= 0.6 is 0 Å². The third-order valence-corrected chi connectivity index (χ3v) is 1.58. The smallest absolute Gasteiger partial charge is 0.322 e. The molecular formula is C7H12N4O2. The highest BCUT2D eigenvalue weighted by molar-refractivity contribution is 5.92. The molecule has 0 saturated heterocycles. The van der Waals surface area contributed by atoms with Crippen LogP contribution in [-0.4, -0.2) is 29.2 Å². The van der Waals surface area contributed by atoms with Crippen LogP contribution in [0.4, 0.5) is 6.01 Å². The Morgan fingerprint density at radius 2 is 2.23 bits per heavy atom. The molecule has 6 heteroatoms. The molecule has 6 nitrogen and oxygen atoms in total. The van der Waals surface area contributed by atoms with Gasteiger partial charge in [0.2, 0.25) is 11.8 Å². The molecule has 1 aromatic rings. The van der Waals surface area contributed by atoms with E-state index in [-0.39, 0.29) is 18.0 Å². The van der Waals surface area contributed by atoms with Gasteiger partial charge in [-0.3, -0.25) is 10.1 Å². The Morgan fingerprint density at radius 1 is 1.54 bits per heavy atom. The van der Waals surface area contributed by atoms with E-state index in [9.17, 15) is 4.79 Å². The van der Waals surface area contributed by atoms with Gasteiger partial charge in [0, 0.05) is 6.92 Å². The first-order valence-corrected chi connectivity index (χ1v) is 3.91. The van der Waals surface area contributed by atoms with Crippen LogP contribution < -0.4 is 10.6 Å². The van der Waals surface area contributed by atoms with Crippen molar-refractivity contribution in [3.8, 4) is 0 Å². The normalized spacial score (nSPS) is 12.5. The molecule has 2 N–H and O–H groups in total. The van der Waals surface area contributed by atoms with Gasteiger partial charge in [-0.2, -0.15) is 0 Å². The first-order valence-electron chi connectivity index (χ1n) is 3.91. The molecule has 0 aliphatic heterocycles. The van der Waals surface area contributed by atoms with Crippen LogP contribution in [0.15, 0.2) is 4.42 Å². The summed E-state index contributed by atoms with van der Waals surface area (Å²) in [7, 11) is 1.70. The van der Waals surface area contributed by atoms with Crippen molar-refractivity contribution in [3.63, 3.8) is 0 Å². The highest BCUT2D eigenvalue weighted by Gasteiger charge is 2.12. The van der Waals surface area contributed by atoms with E-state index < -0.39 is 0 Å². The average Bonchev–Trinajstić information content (AvgIpc) is 2.49. The standard InChI is InChI=1S/C7H12N4O2/c1-4(8-3)6(12)9-7-11-10-5(2)13-7/h4,8H,1-3H3,(H,9,11,12). The van der Waals surface area contributed by atoms with Crippen molar-refractivity contribution in [1.82, 2.24) is 15.5 Å². The zero-order valence-electron chi connectivity index (χ0n) is 7.79. The summed E-state index contributed by atoms with van der Waals surface area (Å²) in [5, 5.41) is 12.5. The third kappa shape index (κ3) is 2.51. The minimum Gasteiger partial charge on any atom is -0.408 e. The molecule has 1 aromatic heterocycles. The number of nitrogens with zero attached hydrogens (tertiary/aromatic N) is 2. The molecule has 0 bridgehead atoms. The summed E-state index contributed by atoms with van der Waals surface area (Å²) in [6.45, 7) is 3.39. The van der Waals surface area contributed by atoms with Gasteiger partial charge in [0.25, 0.3) is 0 Å².